The molecular formula is C7H11N3O3. The molecule has 0 aromatic carbocycles. The summed E-state index contributed by atoms with van der Waals surface area (Å²) in [7, 11) is 1.49. The number of guanidine groups is 1. The van der Waals surface area contributed by atoms with E-state index in [-0.39, 0.29) is 17.9 Å². The summed E-state index contributed by atoms with van der Waals surface area (Å²) < 4.78 is 0. The molecule has 1 unspecified atom stereocenters. The highest BCUT2D eigenvalue weighted by Crippen LogP contribution is 2.07. The molecule has 13 heavy (non-hydrogen) atoms. The average molecular weight is 185 g/mol. The summed E-state index contributed by atoms with van der Waals surface area (Å²) in [5.74, 6) is -0.0394. The number of nitrogens with zero attached hydrogens (tertiary/aromatic N) is 2. The Morgan fingerprint density at radius 1 is 1.77 bits per heavy atom. The van der Waals surface area contributed by atoms with Gasteiger partial charge in [0.2, 0.25) is 11.9 Å². The van der Waals surface area contributed by atoms with Gasteiger partial charge in [-0.3, -0.25) is 15.0 Å². The molecule has 1 aliphatic rings. The molecule has 1 atom stereocenters. The van der Waals surface area contributed by atoms with Crippen LogP contribution >= 0.6 is 0 Å². The number of nitrogens with one attached hydrogen (secondary N) is 1. The number of hydrogen-bond donors (Lipinski definition) is 2. The third-order valence-corrected chi connectivity index (χ3v) is 1.72. The highest BCUT2D eigenvalue weighted by Gasteiger charge is 2.24. The Balaban J connectivity index is 2.80. The minimum atomic E-state index is -1.22. The van der Waals surface area contributed by atoms with Crippen LogP contribution in [0.15, 0.2) is 4.99 Å². The van der Waals surface area contributed by atoms with Gasteiger partial charge in [0.25, 0.3) is 0 Å². The number of carboxylic acid groups (broad SMARTS) is 1. The molecule has 0 spiro atoms. The Bertz CT molecular complexity index is 274. The molecule has 2 amide bonds. The Morgan fingerprint density at radius 2 is 2.38 bits per heavy atom. The normalized spacial score (nSPS) is 22.6. The highest BCUT2D eigenvalue weighted by atomic mass is 16.4. The van der Waals surface area contributed by atoms with E-state index in [1.807, 2.05) is 0 Å². The molecule has 0 saturated carbocycles. The van der Waals surface area contributed by atoms with Crippen molar-refractivity contribution in [3.63, 3.8) is 0 Å². The zero-order valence-corrected chi connectivity index (χ0v) is 7.44. The van der Waals surface area contributed by atoms with Crippen LogP contribution in [0.3, 0.4) is 0 Å². The fraction of sp³-hybridized carbons (Fsp3) is 0.571. The van der Waals surface area contributed by atoms with E-state index >= 15 is 0 Å². The molecule has 1 rings (SSSR count). The van der Waals surface area contributed by atoms with Crippen LogP contribution in [-0.2, 0) is 4.79 Å². The van der Waals surface area contributed by atoms with Gasteiger partial charge in [-0.1, -0.05) is 0 Å². The van der Waals surface area contributed by atoms with Gasteiger partial charge in [0.05, 0.1) is 6.04 Å². The standard InChI is InChI=1S/C7H11N3O3/c1-4-3-5(11)10(2)6(8-4)9-7(12)13/h4H,3H2,1-2H3,(H,8,9)(H,12,13). The minimum Gasteiger partial charge on any atom is -0.465 e. The lowest BCUT2D eigenvalue weighted by Crippen LogP contribution is -2.48. The molecular weight excluding hydrogens is 174 g/mol. The van der Waals surface area contributed by atoms with Crippen LogP contribution in [0.25, 0.3) is 0 Å². The second-order valence-electron chi connectivity index (χ2n) is 2.89. The topological polar surface area (TPSA) is 82.0 Å². The molecule has 0 aromatic rings. The van der Waals surface area contributed by atoms with Crippen molar-refractivity contribution in [1.29, 1.82) is 0 Å². The van der Waals surface area contributed by atoms with Gasteiger partial charge in [-0.25, -0.2) is 9.79 Å². The summed E-state index contributed by atoms with van der Waals surface area (Å²) in [6, 6.07) is -0.162. The van der Waals surface area contributed by atoms with Gasteiger partial charge < -0.3 is 5.11 Å². The summed E-state index contributed by atoms with van der Waals surface area (Å²) >= 11 is 0. The lowest BCUT2D eigenvalue weighted by Gasteiger charge is -2.25. The molecule has 1 heterocycles. The van der Waals surface area contributed by atoms with Crippen molar-refractivity contribution < 1.29 is 14.7 Å². The molecule has 6 nitrogen and oxygen atoms in total. The SMILES string of the molecule is CC1CC(=O)N(C)C(NC(=O)O)=N1. The summed E-state index contributed by atoms with van der Waals surface area (Å²) in [5.41, 5.74) is 0. The van der Waals surface area contributed by atoms with Gasteiger partial charge in [-0.2, -0.15) is 0 Å². The van der Waals surface area contributed by atoms with Crippen molar-refractivity contribution in [3.8, 4) is 0 Å². The van der Waals surface area contributed by atoms with Crippen LogP contribution in [0.4, 0.5) is 4.79 Å². The van der Waals surface area contributed by atoms with E-state index in [2.05, 4.69) is 10.3 Å². The summed E-state index contributed by atoms with van der Waals surface area (Å²) in [5, 5.41) is 10.5. The summed E-state index contributed by atoms with van der Waals surface area (Å²) in [4.78, 5) is 26.7. The fourth-order valence-corrected chi connectivity index (χ4v) is 1.06. The Hall–Kier alpha value is -1.59. The lowest BCUT2D eigenvalue weighted by atomic mass is 10.2. The molecule has 0 radical (unpaired) electrons. The van der Waals surface area contributed by atoms with Crippen molar-refractivity contribution in [2.24, 2.45) is 4.99 Å². The second-order valence-corrected chi connectivity index (χ2v) is 2.89. The fourth-order valence-electron chi connectivity index (χ4n) is 1.06. The van der Waals surface area contributed by atoms with Gasteiger partial charge >= 0.3 is 6.09 Å². The number of hydrogen-bond acceptors (Lipinski definition) is 3. The monoisotopic (exact) mass is 185 g/mol. The van der Waals surface area contributed by atoms with E-state index in [1.54, 1.807) is 6.92 Å². The predicted octanol–water partition coefficient (Wildman–Crippen LogP) is -0.139. The van der Waals surface area contributed by atoms with E-state index in [0.29, 0.717) is 6.42 Å². The molecule has 72 valence electrons. The van der Waals surface area contributed by atoms with Crippen molar-refractivity contribution in [3.05, 3.63) is 0 Å². The van der Waals surface area contributed by atoms with E-state index in [4.69, 9.17) is 5.11 Å². The third kappa shape index (κ3) is 2.17. The molecule has 6 heteroatoms. The highest BCUT2D eigenvalue weighted by molar-refractivity contribution is 6.04. The average Bonchev–Trinajstić information content (AvgIpc) is 1.98. The van der Waals surface area contributed by atoms with Crippen molar-refractivity contribution in [2.75, 3.05) is 7.05 Å². The number of rotatable bonds is 0. The van der Waals surface area contributed by atoms with Crippen LogP contribution in [0.5, 0.6) is 0 Å². The largest absolute Gasteiger partial charge is 0.465 e. The zero-order valence-electron chi connectivity index (χ0n) is 7.44. The first-order chi connectivity index (χ1) is 6.00. The summed E-state index contributed by atoms with van der Waals surface area (Å²) in [6.07, 6.45) is -0.895. The number of amides is 2. The maximum absolute atomic E-state index is 11.2. The Morgan fingerprint density at radius 3 is 2.92 bits per heavy atom. The molecule has 0 aliphatic carbocycles. The molecule has 0 bridgehead atoms. The molecule has 1 aliphatic heterocycles. The molecule has 0 fully saturated rings. The zero-order chi connectivity index (χ0) is 10.0. The van der Waals surface area contributed by atoms with E-state index in [9.17, 15) is 9.59 Å². The van der Waals surface area contributed by atoms with Gasteiger partial charge in [-0.05, 0) is 6.92 Å². The van der Waals surface area contributed by atoms with Crippen LogP contribution in [0, 0.1) is 0 Å². The van der Waals surface area contributed by atoms with Crippen LogP contribution in [0.1, 0.15) is 13.3 Å². The van der Waals surface area contributed by atoms with E-state index in [0.717, 1.165) is 0 Å². The van der Waals surface area contributed by atoms with E-state index < -0.39 is 6.09 Å². The third-order valence-electron chi connectivity index (χ3n) is 1.72. The molecule has 2 N–H and O–H groups in total. The first kappa shape index (κ1) is 9.50. The molecule has 0 aromatic heterocycles. The van der Waals surface area contributed by atoms with E-state index in [1.165, 1.54) is 11.9 Å². The first-order valence-corrected chi connectivity index (χ1v) is 3.85. The Labute approximate surface area is 75.2 Å². The van der Waals surface area contributed by atoms with Gasteiger partial charge in [-0.15, -0.1) is 0 Å². The minimum absolute atomic E-state index is 0.0938. The summed E-state index contributed by atoms with van der Waals surface area (Å²) in [6.45, 7) is 1.76. The smallest absolute Gasteiger partial charge is 0.411 e. The van der Waals surface area contributed by atoms with Crippen LogP contribution in [-0.4, -0.2) is 41.1 Å². The van der Waals surface area contributed by atoms with Gasteiger partial charge in [0.1, 0.15) is 0 Å². The maximum atomic E-state index is 11.2. The lowest BCUT2D eigenvalue weighted by molar-refractivity contribution is -0.127. The quantitative estimate of drug-likeness (QED) is 0.551. The number of aliphatic imine (C=N–C) groups is 1. The van der Waals surface area contributed by atoms with Crippen molar-refractivity contribution >= 4 is 18.0 Å². The van der Waals surface area contributed by atoms with Gasteiger partial charge in [0.15, 0.2) is 0 Å². The first-order valence-electron chi connectivity index (χ1n) is 3.85. The molecule has 0 saturated heterocycles. The predicted molar refractivity (Wildman–Crippen MR) is 45.4 cm³/mol. The van der Waals surface area contributed by atoms with Crippen LogP contribution < -0.4 is 5.32 Å². The van der Waals surface area contributed by atoms with Crippen LogP contribution in [0.2, 0.25) is 0 Å². The number of carbonyl (C=O) groups excluding carboxylic acids is 1. The van der Waals surface area contributed by atoms with Crippen molar-refractivity contribution in [1.82, 2.24) is 10.2 Å². The van der Waals surface area contributed by atoms with Gasteiger partial charge in [0, 0.05) is 13.5 Å². The Kier molecular flexibility index (Phi) is 2.50. The maximum Gasteiger partial charge on any atom is 0.411 e. The second kappa shape index (κ2) is 3.42. The number of carbonyl (C=O) groups is 2. The van der Waals surface area contributed by atoms with Crippen molar-refractivity contribution in [2.45, 2.75) is 19.4 Å².